The molecule has 17 heavy (non-hydrogen) atoms. The molecule has 2 aromatic carbocycles. The molecule has 2 aromatic rings. The Morgan fingerprint density at radius 3 is 2.65 bits per heavy atom. The third-order valence-corrected chi connectivity index (χ3v) is 2.85. The first-order valence-electron chi connectivity index (χ1n) is 4.92. The molecule has 0 radical (unpaired) electrons. The first-order chi connectivity index (χ1) is 8.20. The number of rotatable bonds is 2. The first-order valence-corrected chi connectivity index (χ1v) is 5.71. The lowest BCUT2D eigenvalue weighted by Crippen LogP contribution is -1.93. The smallest absolute Gasteiger partial charge is 0.137 e. The van der Waals surface area contributed by atoms with Crippen molar-refractivity contribution in [1.29, 1.82) is 5.26 Å². The maximum atomic E-state index is 13.1. The molecule has 2 rings (SSSR count). The number of nitriles is 1. The van der Waals surface area contributed by atoms with Crippen molar-refractivity contribution in [3.8, 4) is 6.07 Å². The number of halogens is 2. The molecule has 1 N–H and O–H groups in total. The molecule has 0 unspecified atom stereocenters. The van der Waals surface area contributed by atoms with E-state index in [2.05, 4.69) is 27.3 Å². The van der Waals surface area contributed by atoms with Crippen LogP contribution in [0.25, 0.3) is 0 Å². The maximum absolute atomic E-state index is 13.1. The highest BCUT2D eigenvalue weighted by atomic mass is 79.9. The monoisotopic (exact) mass is 290 g/mol. The van der Waals surface area contributed by atoms with Crippen molar-refractivity contribution in [2.75, 3.05) is 5.32 Å². The van der Waals surface area contributed by atoms with Crippen molar-refractivity contribution in [2.24, 2.45) is 0 Å². The normalized spacial score (nSPS) is 9.71. The van der Waals surface area contributed by atoms with Crippen molar-refractivity contribution in [2.45, 2.75) is 0 Å². The predicted molar refractivity (Wildman–Crippen MR) is 68.5 cm³/mol. The highest BCUT2D eigenvalue weighted by Crippen LogP contribution is 2.24. The summed E-state index contributed by atoms with van der Waals surface area (Å²) in [6, 6.07) is 13.9. The highest BCUT2D eigenvalue weighted by molar-refractivity contribution is 9.10. The van der Waals surface area contributed by atoms with E-state index in [9.17, 15) is 4.39 Å². The van der Waals surface area contributed by atoms with E-state index in [0.29, 0.717) is 15.7 Å². The van der Waals surface area contributed by atoms with Gasteiger partial charge in [0.15, 0.2) is 0 Å². The molecule has 0 saturated carbocycles. The molecule has 0 amide bonds. The van der Waals surface area contributed by atoms with E-state index < -0.39 is 0 Å². The van der Waals surface area contributed by atoms with Crippen LogP contribution in [-0.4, -0.2) is 0 Å². The van der Waals surface area contributed by atoms with Crippen LogP contribution >= 0.6 is 15.9 Å². The molecule has 0 aliphatic rings. The van der Waals surface area contributed by atoms with Gasteiger partial charge in [0.2, 0.25) is 0 Å². The lowest BCUT2D eigenvalue weighted by Gasteiger charge is -2.08. The molecule has 84 valence electrons. The maximum Gasteiger partial charge on any atom is 0.137 e. The Kier molecular flexibility index (Phi) is 3.40. The summed E-state index contributed by atoms with van der Waals surface area (Å²) in [6.07, 6.45) is 0. The molecule has 0 aromatic heterocycles. The van der Waals surface area contributed by atoms with Crippen LogP contribution in [0.4, 0.5) is 15.8 Å². The highest BCUT2D eigenvalue weighted by Gasteiger charge is 2.03. The molecule has 0 aliphatic carbocycles. The summed E-state index contributed by atoms with van der Waals surface area (Å²) >= 11 is 3.11. The average Bonchev–Trinajstić information content (AvgIpc) is 2.34. The second-order valence-electron chi connectivity index (χ2n) is 3.41. The molecule has 2 nitrogen and oxygen atoms in total. The van der Waals surface area contributed by atoms with Crippen molar-refractivity contribution in [3.63, 3.8) is 0 Å². The quantitative estimate of drug-likeness (QED) is 0.900. The molecule has 0 aliphatic heterocycles. The van der Waals surface area contributed by atoms with Crippen molar-refractivity contribution < 1.29 is 4.39 Å². The van der Waals surface area contributed by atoms with Crippen molar-refractivity contribution in [1.82, 2.24) is 0 Å². The van der Waals surface area contributed by atoms with Crippen LogP contribution in [-0.2, 0) is 0 Å². The fraction of sp³-hybridized carbons (Fsp3) is 0. The summed E-state index contributed by atoms with van der Waals surface area (Å²) in [5, 5.41) is 12.0. The third-order valence-electron chi connectivity index (χ3n) is 2.25. The zero-order valence-corrected chi connectivity index (χ0v) is 10.3. The molecule has 0 fully saturated rings. The largest absolute Gasteiger partial charge is 0.354 e. The molecular weight excluding hydrogens is 283 g/mol. The zero-order chi connectivity index (χ0) is 12.3. The van der Waals surface area contributed by atoms with Crippen LogP contribution in [0.1, 0.15) is 5.56 Å². The minimum absolute atomic E-state index is 0.316. The second-order valence-corrected chi connectivity index (χ2v) is 4.27. The van der Waals surface area contributed by atoms with E-state index in [1.54, 1.807) is 30.3 Å². The number of anilines is 2. The van der Waals surface area contributed by atoms with E-state index in [1.807, 2.05) is 6.07 Å². The minimum atomic E-state index is -0.316. The Bertz CT molecular complexity index is 590. The van der Waals surface area contributed by atoms with Gasteiger partial charge in [0, 0.05) is 5.69 Å². The van der Waals surface area contributed by atoms with Gasteiger partial charge in [0.25, 0.3) is 0 Å². The van der Waals surface area contributed by atoms with Crippen LogP contribution in [0.15, 0.2) is 46.9 Å². The Morgan fingerprint density at radius 1 is 1.18 bits per heavy atom. The Morgan fingerprint density at radius 2 is 1.94 bits per heavy atom. The summed E-state index contributed by atoms with van der Waals surface area (Å²) < 4.78 is 13.4. The van der Waals surface area contributed by atoms with E-state index in [4.69, 9.17) is 5.26 Å². The fourth-order valence-electron chi connectivity index (χ4n) is 1.42. The van der Waals surface area contributed by atoms with Gasteiger partial charge in [0.1, 0.15) is 11.9 Å². The standard InChI is InChI=1S/C13H8BrFN2/c14-11-7-10(5-6-12(11)15)17-13-4-2-1-3-9(13)8-16/h1-7,17H. The fourth-order valence-corrected chi connectivity index (χ4v) is 1.80. The van der Waals surface area contributed by atoms with Crippen molar-refractivity contribution in [3.05, 3.63) is 58.3 Å². The molecule has 0 heterocycles. The summed E-state index contributed by atoms with van der Waals surface area (Å²) in [5.41, 5.74) is 1.97. The van der Waals surface area contributed by atoms with E-state index >= 15 is 0 Å². The SMILES string of the molecule is N#Cc1ccccc1Nc1ccc(F)c(Br)c1. The average molecular weight is 291 g/mol. The van der Waals surface area contributed by atoms with E-state index in [0.717, 1.165) is 5.69 Å². The molecular formula is C13H8BrFN2. The zero-order valence-electron chi connectivity index (χ0n) is 8.74. The van der Waals surface area contributed by atoms with Gasteiger partial charge >= 0.3 is 0 Å². The van der Waals surface area contributed by atoms with Crippen LogP contribution in [0.3, 0.4) is 0 Å². The number of hydrogen-bond acceptors (Lipinski definition) is 2. The Hall–Kier alpha value is -1.86. The van der Waals surface area contributed by atoms with E-state index in [-0.39, 0.29) is 5.82 Å². The summed E-state index contributed by atoms with van der Waals surface area (Å²) in [4.78, 5) is 0. The van der Waals surface area contributed by atoms with E-state index in [1.165, 1.54) is 6.07 Å². The van der Waals surface area contributed by atoms with Gasteiger partial charge < -0.3 is 5.32 Å². The third kappa shape index (κ3) is 2.63. The molecule has 4 heteroatoms. The predicted octanol–water partition coefficient (Wildman–Crippen LogP) is 4.20. The van der Waals surface area contributed by atoms with Crippen LogP contribution < -0.4 is 5.32 Å². The van der Waals surface area contributed by atoms with Gasteiger partial charge in [-0.05, 0) is 46.3 Å². The summed E-state index contributed by atoms with van der Waals surface area (Å²) in [6.45, 7) is 0. The Labute approximate surface area is 107 Å². The topological polar surface area (TPSA) is 35.8 Å². The second kappa shape index (κ2) is 4.98. The molecule has 0 bridgehead atoms. The Balaban J connectivity index is 2.32. The van der Waals surface area contributed by atoms with Gasteiger partial charge in [-0.2, -0.15) is 5.26 Å². The number of hydrogen-bond donors (Lipinski definition) is 1. The first kappa shape index (κ1) is 11.6. The number of nitrogens with one attached hydrogen (secondary N) is 1. The number of nitrogens with zero attached hydrogens (tertiary/aromatic N) is 1. The van der Waals surface area contributed by atoms with Gasteiger partial charge in [0.05, 0.1) is 15.7 Å². The molecule has 0 spiro atoms. The summed E-state index contributed by atoms with van der Waals surface area (Å²) in [5.74, 6) is -0.316. The van der Waals surface area contributed by atoms with Gasteiger partial charge in [-0.3, -0.25) is 0 Å². The number of para-hydroxylation sites is 1. The number of benzene rings is 2. The van der Waals surface area contributed by atoms with Crippen molar-refractivity contribution >= 4 is 27.3 Å². The van der Waals surface area contributed by atoms with Crippen LogP contribution in [0, 0.1) is 17.1 Å². The molecule has 0 saturated heterocycles. The van der Waals surface area contributed by atoms with Gasteiger partial charge in [-0.1, -0.05) is 12.1 Å². The van der Waals surface area contributed by atoms with Gasteiger partial charge in [-0.15, -0.1) is 0 Å². The summed E-state index contributed by atoms with van der Waals surface area (Å²) in [7, 11) is 0. The van der Waals surface area contributed by atoms with Crippen LogP contribution in [0.5, 0.6) is 0 Å². The molecule has 0 atom stereocenters. The minimum Gasteiger partial charge on any atom is -0.354 e. The van der Waals surface area contributed by atoms with Gasteiger partial charge in [-0.25, -0.2) is 4.39 Å². The van der Waals surface area contributed by atoms with Crippen LogP contribution in [0.2, 0.25) is 0 Å². The lowest BCUT2D eigenvalue weighted by atomic mass is 10.2. The lowest BCUT2D eigenvalue weighted by molar-refractivity contribution is 0.621.